The van der Waals surface area contributed by atoms with Crippen molar-refractivity contribution in [2.24, 2.45) is 5.10 Å². The van der Waals surface area contributed by atoms with Crippen molar-refractivity contribution >= 4 is 29.3 Å². The summed E-state index contributed by atoms with van der Waals surface area (Å²) in [5.74, 6) is -0.817. The van der Waals surface area contributed by atoms with Gasteiger partial charge in [-0.05, 0) is 24.0 Å². The van der Waals surface area contributed by atoms with Gasteiger partial charge in [-0.2, -0.15) is 14.2 Å². The van der Waals surface area contributed by atoms with Gasteiger partial charge in [0.05, 0.1) is 28.0 Å². The van der Waals surface area contributed by atoms with Crippen LogP contribution < -0.4 is 5.43 Å². The third-order valence-electron chi connectivity index (χ3n) is 2.42. The summed E-state index contributed by atoms with van der Waals surface area (Å²) in [5, 5.41) is 17.6. The lowest BCUT2D eigenvalue weighted by Crippen LogP contribution is -2.24. The first-order chi connectivity index (χ1) is 9.95. The zero-order valence-corrected chi connectivity index (χ0v) is 11.6. The molecule has 0 aliphatic carbocycles. The van der Waals surface area contributed by atoms with E-state index in [1.54, 1.807) is 6.92 Å². The first kappa shape index (κ1) is 14.8. The molecule has 10 heteroatoms. The highest BCUT2D eigenvalue weighted by Gasteiger charge is 2.17. The van der Waals surface area contributed by atoms with Crippen molar-refractivity contribution in [1.29, 1.82) is 0 Å². The van der Waals surface area contributed by atoms with Crippen LogP contribution in [0.25, 0.3) is 0 Å². The largest absolute Gasteiger partial charge is 0.390 e. The van der Waals surface area contributed by atoms with E-state index in [0.717, 1.165) is 11.3 Å². The topological polar surface area (TPSA) is 102 Å². The van der Waals surface area contributed by atoms with E-state index in [2.05, 4.69) is 15.6 Å². The molecule has 2 aromatic rings. The number of nitrogens with one attached hydrogen (secondary N) is 1. The van der Waals surface area contributed by atoms with E-state index in [4.69, 9.17) is 0 Å². The van der Waals surface area contributed by atoms with Crippen molar-refractivity contribution in [3.8, 4) is 0 Å². The van der Waals surface area contributed by atoms with Crippen LogP contribution in [0.15, 0.2) is 23.3 Å². The van der Waals surface area contributed by atoms with Crippen molar-refractivity contribution in [1.82, 2.24) is 15.2 Å². The second-order valence-corrected chi connectivity index (χ2v) is 5.06. The quantitative estimate of drug-likeness (QED) is 0.513. The SMILES string of the molecule is Cc1cc([N+](=O)[O-])nn1CC(=O)N/N=C\c1ccc(F)s1. The highest BCUT2D eigenvalue weighted by molar-refractivity contribution is 7.12. The molecule has 0 unspecified atom stereocenters. The van der Waals surface area contributed by atoms with Crippen molar-refractivity contribution < 1.29 is 14.1 Å². The Morgan fingerprint density at radius 1 is 1.67 bits per heavy atom. The van der Waals surface area contributed by atoms with Gasteiger partial charge < -0.3 is 10.1 Å². The summed E-state index contributed by atoms with van der Waals surface area (Å²) in [6.07, 6.45) is 1.31. The fourth-order valence-corrected chi connectivity index (χ4v) is 2.08. The standard InChI is InChI=1S/C11H10FN5O3S/c1-7-4-10(17(19)20)15-16(7)6-11(18)14-13-5-8-2-3-9(12)21-8/h2-5H,6H2,1H3,(H,14,18)/b13-5-. The van der Waals surface area contributed by atoms with E-state index in [9.17, 15) is 19.3 Å². The highest BCUT2D eigenvalue weighted by atomic mass is 32.1. The number of hydrogen-bond acceptors (Lipinski definition) is 6. The number of halogens is 1. The minimum absolute atomic E-state index is 0.199. The third-order valence-corrected chi connectivity index (χ3v) is 3.23. The zero-order valence-electron chi connectivity index (χ0n) is 10.8. The average molecular weight is 311 g/mol. The third kappa shape index (κ3) is 3.92. The molecule has 8 nitrogen and oxygen atoms in total. The number of rotatable bonds is 5. The van der Waals surface area contributed by atoms with Crippen LogP contribution in [-0.2, 0) is 11.3 Å². The monoisotopic (exact) mass is 311 g/mol. The van der Waals surface area contributed by atoms with Crippen LogP contribution in [0.4, 0.5) is 10.2 Å². The van der Waals surface area contributed by atoms with Crippen molar-refractivity contribution in [3.63, 3.8) is 0 Å². The molecule has 0 atom stereocenters. The average Bonchev–Trinajstić information content (AvgIpc) is 2.97. The number of aryl methyl sites for hydroxylation is 1. The predicted molar refractivity (Wildman–Crippen MR) is 73.6 cm³/mol. The molecule has 1 amide bonds. The number of aromatic nitrogens is 2. The fourth-order valence-electron chi connectivity index (χ4n) is 1.48. The van der Waals surface area contributed by atoms with E-state index in [1.807, 2.05) is 0 Å². The maximum atomic E-state index is 12.7. The molecule has 21 heavy (non-hydrogen) atoms. The predicted octanol–water partition coefficient (Wildman–Crippen LogP) is 1.45. The number of thiophene rings is 1. The number of nitrogens with zero attached hydrogens (tertiary/aromatic N) is 4. The van der Waals surface area contributed by atoms with Crippen LogP contribution in [0.2, 0.25) is 0 Å². The van der Waals surface area contributed by atoms with Crippen LogP contribution in [0, 0.1) is 22.2 Å². The molecule has 0 fully saturated rings. The van der Waals surface area contributed by atoms with Gasteiger partial charge in [0.1, 0.15) is 6.54 Å². The molecule has 0 aliphatic rings. The summed E-state index contributed by atoms with van der Waals surface area (Å²) >= 11 is 0.893. The van der Waals surface area contributed by atoms with E-state index < -0.39 is 10.8 Å². The molecule has 0 aliphatic heterocycles. The van der Waals surface area contributed by atoms with Crippen molar-refractivity contribution in [2.45, 2.75) is 13.5 Å². The van der Waals surface area contributed by atoms with Gasteiger partial charge in [0.15, 0.2) is 5.13 Å². The maximum Gasteiger partial charge on any atom is 0.390 e. The zero-order chi connectivity index (χ0) is 15.4. The lowest BCUT2D eigenvalue weighted by molar-refractivity contribution is -0.389. The Morgan fingerprint density at radius 2 is 2.43 bits per heavy atom. The lowest BCUT2D eigenvalue weighted by atomic mass is 10.4. The summed E-state index contributed by atoms with van der Waals surface area (Å²) in [6.45, 7) is 1.40. The van der Waals surface area contributed by atoms with Crippen molar-refractivity contribution in [2.75, 3.05) is 0 Å². The molecule has 2 heterocycles. The Labute approximate surface area is 122 Å². The van der Waals surface area contributed by atoms with E-state index in [0.29, 0.717) is 10.6 Å². The lowest BCUT2D eigenvalue weighted by Gasteiger charge is -1.98. The molecule has 110 valence electrons. The Morgan fingerprint density at radius 3 is 3.00 bits per heavy atom. The maximum absolute atomic E-state index is 12.7. The van der Waals surface area contributed by atoms with Crippen LogP contribution in [-0.4, -0.2) is 26.8 Å². The van der Waals surface area contributed by atoms with E-state index in [1.165, 1.54) is 29.1 Å². The second kappa shape index (κ2) is 6.22. The van der Waals surface area contributed by atoms with Gasteiger partial charge in [0, 0.05) is 0 Å². The number of nitro groups is 1. The summed E-state index contributed by atoms with van der Waals surface area (Å²) in [5.41, 5.74) is 2.73. The Bertz CT molecular complexity index is 709. The second-order valence-electron chi connectivity index (χ2n) is 3.99. The minimum atomic E-state index is -0.634. The molecule has 0 saturated heterocycles. The molecule has 0 saturated carbocycles. The summed E-state index contributed by atoms with van der Waals surface area (Å²) in [7, 11) is 0. The molecular formula is C11H10FN5O3S. The molecule has 2 aromatic heterocycles. The van der Waals surface area contributed by atoms with Crippen molar-refractivity contribution in [3.05, 3.63) is 44.0 Å². The fraction of sp³-hybridized carbons (Fsp3) is 0.182. The summed E-state index contributed by atoms with van der Waals surface area (Å²) < 4.78 is 13.9. The first-order valence-electron chi connectivity index (χ1n) is 5.72. The Kier molecular flexibility index (Phi) is 4.38. The van der Waals surface area contributed by atoms with Gasteiger partial charge in [-0.1, -0.05) is 0 Å². The Hall–Kier alpha value is -2.62. The number of carbonyl (C=O) groups is 1. The van der Waals surface area contributed by atoms with E-state index >= 15 is 0 Å². The molecule has 0 aromatic carbocycles. The van der Waals surface area contributed by atoms with E-state index in [-0.39, 0.29) is 17.5 Å². The molecule has 0 bridgehead atoms. The molecule has 0 spiro atoms. The normalized spacial score (nSPS) is 11.0. The summed E-state index contributed by atoms with van der Waals surface area (Å²) in [6, 6.07) is 4.09. The first-order valence-corrected chi connectivity index (χ1v) is 6.53. The number of hydrogen-bond donors (Lipinski definition) is 1. The number of hydrazone groups is 1. The number of carbonyl (C=O) groups excluding carboxylic acids is 1. The van der Waals surface area contributed by atoms with Crippen LogP contribution in [0.5, 0.6) is 0 Å². The van der Waals surface area contributed by atoms with Gasteiger partial charge in [0.2, 0.25) is 0 Å². The van der Waals surface area contributed by atoms with Gasteiger partial charge in [0.25, 0.3) is 5.91 Å². The minimum Gasteiger partial charge on any atom is -0.358 e. The van der Waals surface area contributed by atoms with Crippen LogP contribution in [0.1, 0.15) is 10.6 Å². The number of amides is 1. The molecule has 0 radical (unpaired) electrons. The van der Waals surface area contributed by atoms with Gasteiger partial charge in [-0.25, -0.2) is 5.43 Å². The van der Waals surface area contributed by atoms with Gasteiger partial charge in [-0.15, -0.1) is 11.3 Å². The highest BCUT2D eigenvalue weighted by Crippen LogP contribution is 2.12. The molecular weight excluding hydrogens is 301 g/mol. The molecule has 2 rings (SSSR count). The molecule has 1 N–H and O–H groups in total. The summed E-state index contributed by atoms with van der Waals surface area (Å²) in [4.78, 5) is 22.1. The van der Waals surface area contributed by atoms with Crippen LogP contribution >= 0.6 is 11.3 Å². The smallest absolute Gasteiger partial charge is 0.358 e. The van der Waals surface area contributed by atoms with Gasteiger partial charge >= 0.3 is 5.82 Å². The van der Waals surface area contributed by atoms with Crippen LogP contribution in [0.3, 0.4) is 0 Å². The van der Waals surface area contributed by atoms with Gasteiger partial charge in [-0.3, -0.25) is 4.79 Å². The Balaban J connectivity index is 1.93.